The molecule has 0 fully saturated rings. The topological polar surface area (TPSA) is 99.1 Å². The highest BCUT2D eigenvalue weighted by atomic mass is 32.2. The molecule has 6 nitrogen and oxygen atoms in total. The average Bonchev–Trinajstić information content (AvgIpc) is 2.72. The van der Waals surface area contributed by atoms with E-state index in [1.165, 1.54) is 0 Å². The Morgan fingerprint density at radius 3 is 2.54 bits per heavy atom. The standard InChI is InChI=1S/C21H19N3O3S/c22-14-16-4-3-5-17(12-16)15-23-21(25)10-11-24-28(26,27)20-9-8-18-6-1-2-7-19(18)13-20/h1-9,12-13,24H,10-11,15H2,(H,23,25). The summed E-state index contributed by atoms with van der Waals surface area (Å²) in [6.07, 6.45) is 0.0186. The molecule has 0 heterocycles. The lowest BCUT2D eigenvalue weighted by Gasteiger charge is -2.09. The Labute approximate surface area is 163 Å². The van der Waals surface area contributed by atoms with Crippen molar-refractivity contribution in [2.45, 2.75) is 17.9 Å². The minimum atomic E-state index is -3.69. The third-order valence-corrected chi connectivity index (χ3v) is 5.68. The summed E-state index contributed by atoms with van der Waals surface area (Å²) in [5.41, 5.74) is 1.33. The van der Waals surface area contributed by atoms with Gasteiger partial charge in [0.1, 0.15) is 0 Å². The minimum Gasteiger partial charge on any atom is -0.352 e. The third-order valence-electron chi connectivity index (χ3n) is 4.22. The van der Waals surface area contributed by atoms with Crippen LogP contribution in [0, 0.1) is 11.3 Å². The fraction of sp³-hybridized carbons (Fsp3) is 0.143. The molecule has 3 rings (SSSR count). The van der Waals surface area contributed by atoms with Gasteiger partial charge in [-0.1, -0.05) is 42.5 Å². The molecule has 0 atom stereocenters. The van der Waals surface area contributed by atoms with Gasteiger partial charge in [0, 0.05) is 19.5 Å². The Hall–Kier alpha value is -3.21. The molecule has 142 valence electrons. The summed E-state index contributed by atoms with van der Waals surface area (Å²) in [7, 11) is -3.69. The molecule has 0 spiro atoms. The highest BCUT2D eigenvalue weighted by Crippen LogP contribution is 2.18. The Bertz CT molecular complexity index is 1150. The number of amides is 1. The van der Waals surface area contributed by atoms with E-state index in [0.717, 1.165) is 16.3 Å². The summed E-state index contributed by atoms with van der Waals surface area (Å²) in [6, 6.07) is 21.4. The lowest BCUT2D eigenvalue weighted by atomic mass is 10.1. The third kappa shape index (κ3) is 4.94. The summed E-state index contributed by atoms with van der Waals surface area (Å²) in [6.45, 7) is 0.283. The van der Waals surface area contributed by atoms with Gasteiger partial charge in [-0.25, -0.2) is 13.1 Å². The Balaban J connectivity index is 1.52. The lowest BCUT2D eigenvalue weighted by Crippen LogP contribution is -2.30. The second-order valence-corrected chi connectivity index (χ2v) is 8.01. The highest BCUT2D eigenvalue weighted by molar-refractivity contribution is 7.89. The molecule has 2 N–H and O–H groups in total. The molecule has 0 aliphatic carbocycles. The number of carbonyl (C=O) groups excluding carboxylic acids is 1. The molecule has 3 aromatic rings. The molecular formula is C21H19N3O3S. The number of nitrogens with one attached hydrogen (secondary N) is 2. The molecule has 3 aromatic carbocycles. The molecule has 0 aliphatic heterocycles. The van der Waals surface area contributed by atoms with Gasteiger partial charge in [-0.3, -0.25) is 4.79 Å². The maximum absolute atomic E-state index is 12.4. The molecule has 7 heteroatoms. The maximum Gasteiger partial charge on any atom is 0.240 e. The van der Waals surface area contributed by atoms with Gasteiger partial charge >= 0.3 is 0 Å². The first kappa shape index (κ1) is 19.5. The fourth-order valence-electron chi connectivity index (χ4n) is 2.76. The monoisotopic (exact) mass is 393 g/mol. The second kappa shape index (κ2) is 8.65. The molecule has 1 amide bonds. The zero-order chi connectivity index (χ0) is 20.0. The normalized spacial score (nSPS) is 11.1. The van der Waals surface area contributed by atoms with E-state index < -0.39 is 10.0 Å². The van der Waals surface area contributed by atoms with Gasteiger partial charge in [-0.05, 0) is 40.6 Å². The minimum absolute atomic E-state index is 0.000765. The molecule has 0 bridgehead atoms. The van der Waals surface area contributed by atoms with Crippen molar-refractivity contribution in [1.29, 1.82) is 5.26 Å². The van der Waals surface area contributed by atoms with Gasteiger partial charge in [-0.15, -0.1) is 0 Å². The number of hydrogen-bond acceptors (Lipinski definition) is 4. The van der Waals surface area contributed by atoms with Crippen LogP contribution in [0.4, 0.5) is 0 Å². The van der Waals surface area contributed by atoms with Gasteiger partial charge in [0.2, 0.25) is 15.9 Å². The SMILES string of the molecule is N#Cc1cccc(CNC(=O)CCNS(=O)(=O)c2ccc3ccccc3c2)c1. The van der Waals surface area contributed by atoms with Crippen LogP contribution in [0.1, 0.15) is 17.5 Å². The smallest absolute Gasteiger partial charge is 0.240 e. The molecule has 0 saturated carbocycles. The molecule has 0 aromatic heterocycles. The van der Waals surface area contributed by atoms with Crippen LogP contribution in [0.3, 0.4) is 0 Å². The summed E-state index contributed by atoms with van der Waals surface area (Å²) >= 11 is 0. The number of carbonyl (C=O) groups is 1. The summed E-state index contributed by atoms with van der Waals surface area (Å²) in [5, 5.41) is 13.4. The van der Waals surface area contributed by atoms with E-state index in [2.05, 4.69) is 10.0 Å². The first-order valence-corrected chi connectivity index (χ1v) is 10.2. The van der Waals surface area contributed by atoms with Crippen LogP contribution in [0.5, 0.6) is 0 Å². The van der Waals surface area contributed by atoms with E-state index in [0.29, 0.717) is 5.56 Å². The molecule has 0 saturated heterocycles. The average molecular weight is 393 g/mol. The van der Waals surface area contributed by atoms with Gasteiger partial charge in [0.05, 0.1) is 16.5 Å². The zero-order valence-electron chi connectivity index (χ0n) is 15.1. The van der Waals surface area contributed by atoms with Crippen molar-refractivity contribution < 1.29 is 13.2 Å². The van der Waals surface area contributed by atoms with Crippen molar-refractivity contribution in [3.63, 3.8) is 0 Å². The largest absolute Gasteiger partial charge is 0.352 e. The Morgan fingerprint density at radius 2 is 1.75 bits per heavy atom. The molecule has 0 radical (unpaired) electrons. The van der Waals surface area contributed by atoms with Gasteiger partial charge in [0.25, 0.3) is 0 Å². The zero-order valence-corrected chi connectivity index (χ0v) is 15.9. The van der Waals surface area contributed by atoms with Crippen molar-refractivity contribution in [2.75, 3.05) is 6.54 Å². The first-order valence-electron chi connectivity index (χ1n) is 8.72. The number of fused-ring (bicyclic) bond motifs is 1. The van der Waals surface area contributed by atoms with E-state index in [9.17, 15) is 13.2 Å². The molecule has 28 heavy (non-hydrogen) atoms. The van der Waals surface area contributed by atoms with Crippen LogP contribution in [-0.4, -0.2) is 20.9 Å². The van der Waals surface area contributed by atoms with Crippen LogP contribution in [0.25, 0.3) is 10.8 Å². The van der Waals surface area contributed by atoms with Crippen molar-refractivity contribution in [3.8, 4) is 6.07 Å². The number of hydrogen-bond donors (Lipinski definition) is 2. The van der Waals surface area contributed by atoms with Crippen LogP contribution in [0.15, 0.2) is 71.6 Å². The quantitative estimate of drug-likeness (QED) is 0.645. The Kier molecular flexibility index (Phi) is 6.04. The number of benzene rings is 3. The first-order chi connectivity index (χ1) is 13.5. The van der Waals surface area contributed by atoms with E-state index in [-0.39, 0.29) is 30.3 Å². The van der Waals surface area contributed by atoms with Gasteiger partial charge in [0.15, 0.2) is 0 Å². The number of nitrogens with zero attached hydrogens (tertiary/aromatic N) is 1. The van der Waals surface area contributed by atoms with Gasteiger partial charge in [-0.2, -0.15) is 5.26 Å². The second-order valence-electron chi connectivity index (χ2n) is 6.25. The highest BCUT2D eigenvalue weighted by Gasteiger charge is 2.14. The summed E-state index contributed by atoms with van der Waals surface area (Å²) in [4.78, 5) is 12.1. The lowest BCUT2D eigenvalue weighted by molar-refractivity contribution is -0.121. The predicted octanol–water partition coefficient (Wildman–Crippen LogP) is 2.70. The fourth-order valence-corrected chi connectivity index (χ4v) is 3.82. The van der Waals surface area contributed by atoms with E-state index in [1.807, 2.05) is 36.4 Å². The van der Waals surface area contributed by atoms with Gasteiger partial charge < -0.3 is 5.32 Å². The Morgan fingerprint density at radius 1 is 0.964 bits per heavy atom. The van der Waals surface area contributed by atoms with Crippen LogP contribution >= 0.6 is 0 Å². The number of rotatable bonds is 7. The molecule has 0 aliphatic rings. The van der Waals surface area contributed by atoms with Crippen LogP contribution < -0.4 is 10.0 Å². The van der Waals surface area contributed by atoms with Crippen molar-refractivity contribution in [1.82, 2.24) is 10.0 Å². The van der Waals surface area contributed by atoms with Crippen molar-refractivity contribution in [2.24, 2.45) is 0 Å². The number of nitriles is 1. The van der Waals surface area contributed by atoms with Crippen molar-refractivity contribution in [3.05, 3.63) is 77.9 Å². The van der Waals surface area contributed by atoms with E-state index in [4.69, 9.17) is 5.26 Å². The van der Waals surface area contributed by atoms with E-state index >= 15 is 0 Å². The summed E-state index contributed by atoms with van der Waals surface area (Å²) < 4.78 is 27.3. The number of sulfonamides is 1. The van der Waals surface area contributed by atoms with Crippen LogP contribution in [0.2, 0.25) is 0 Å². The molecule has 0 unspecified atom stereocenters. The van der Waals surface area contributed by atoms with E-state index in [1.54, 1.807) is 36.4 Å². The molecular weight excluding hydrogens is 374 g/mol. The maximum atomic E-state index is 12.4. The summed E-state index contributed by atoms with van der Waals surface area (Å²) in [5.74, 6) is -0.274. The van der Waals surface area contributed by atoms with Crippen molar-refractivity contribution >= 4 is 26.7 Å². The van der Waals surface area contributed by atoms with Crippen LogP contribution in [-0.2, 0) is 21.4 Å². The predicted molar refractivity (Wildman–Crippen MR) is 107 cm³/mol.